The molecule has 0 aromatic heterocycles. The van der Waals surface area contributed by atoms with Crippen LogP contribution in [-0.4, -0.2) is 43.0 Å². The maximum atomic E-state index is 12.5. The van der Waals surface area contributed by atoms with E-state index in [1.807, 2.05) is 19.1 Å². The monoisotopic (exact) mass is 357 g/mol. The average Bonchev–Trinajstić information content (AvgIpc) is 2.61. The largest absolute Gasteiger partial charge is 0.369 e. The Morgan fingerprint density at radius 3 is 2.48 bits per heavy atom. The quantitative estimate of drug-likeness (QED) is 0.904. The van der Waals surface area contributed by atoms with Crippen molar-refractivity contribution in [3.8, 4) is 0 Å². The molecule has 5 heteroatoms. The molecule has 3 rings (SSSR count). The smallest absolute Gasteiger partial charge is 0.241 e. The molecule has 25 heavy (non-hydrogen) atoms. The first-order chi connectivity index (χ1) is 12.0. The van der Waals surface area contributed by atoms with E-state index in [4.69, 9.17) is 11.6 Å². The summed E-state index contributed by atoms with van der Waals surface area (Å²) in [5.41, 5.74) is 3.27. The van der Waals surface area contributed by atoms with Crippen LogP contribution in [0.5, 0.6) is 0 Å². The minimum absolute atomic E-state index is 0.00581. The Hall–Kier alpha value is -2.04. The number of hydrogen-bond donors (Lipinski definition) is 1. The molecule has 2 aromatic rings. The molecule has 1 amide bonds. The second kappa shape index (κ2) is 7.89. The zero-order valence-corrected chi connectivity index (χ0v) is 15.5. The molecule has 0 bridgehead atoms. The molecule has 132 valence electrons. The number of hydrogen-bond acceptors (Lipinski definition) is 3. The van der Waals surface area contributed by atoms with Crippen molar-refractivity contribution in [2.75, 3.05) is 36.4 Å². The van der Waals surface area contributed by atoms with Gasteiger partial charge in [0.1, 0.15) is 0 Å². The minimum atomic E-state index is -0.168. The maximum absolute atomic E-state index is 12.5. The highest BCUT2D eigenvalue weighted by molar-refractivity contribution is 6.30. The number of benzene rings is 2. The molecule has 1 heterocycles. The van der Waals surface area contributed by atoms with Crippen molar-refractivity contribution in [2.24, 2.45) is 0 Å². The predicted molar refractivity (Wildman–Crippen MR) is 105 cm³/mol. The lowest BCUT2D eigenvalue weighted by atomic mass is 10.1. The summed E-state index contributed by atoms with van der Waals surface area (Å²) in [4.78, 5) is 17.1. The van der Waals surface area contributed by atoms with Crippen LogP contribution in [0.25, 0.3) is 0 Å². The molecule has 0 saturated carbocycles. The number of carbonyl (C=O) groups excluding carboxylic acids is 1. The fraction of sp³-hybridized carbons (Fsp3) is 0.350. The van der Waals surface area contributed by atoms with Crippen LogP contribution in [0, 0.1) is 6.92 Å². The highest BCUT2D eigenvalue weighted by Gasteiger charge is 2.25. The van der Waals surface area contributed by atoms with Gasteiger partial charge in [0, 0.05) is 42.6 Å². The van der Waals surface area contributed by atoms with Crippen LogP contribution >= 0.6 is 11.6 Å². The highest BCUT2D eigenvalue weighted by atomic mass is 35.5. The lowest BCUT2D eigenvalue weighted by molar-refractivity contribution is -0.120. The number of halogens is 1. The molecule has 1 saturated heterocycles. The molecule has 0 spiro atoms. The Balaban J connectivity index is 1.56. The van der Waals surface area contributed by atoms with Crippen molar-refractivity contribution < 1.29 is 4.79 Å². The van der Waals surface area contributed by atoms with Crippen molar-refractivity contribution >= 4 is 28.9 Å². The Bertz CT molecular complexity index is 741. The summed E-state index contributed by atoms with van der Waals surface area (Å²) in [5.74, 6) is 0.00581. The molecule has 1 fully saturated rings. The molecule has 1 unspecified atom stereocenters. The van der Waals surface area contributed by atoms with E-state index in [9.17, 15) is 4.79 Å². The van der Waals surface area contributed by atoms with Gasteiger partial charge in [-0.25, -0.2) is 0 Å². The molecular weight excluding hydrogens is 334 g/mol. The van der Waals surface area contributed by atoms with Crippen LogP contribution < -0.4 is 10.2 Å². The van der Waals surface area contributed by atoms with Crippen LogP contribution in [0.4, 0.5) is 11.4 Å². The number of rotatable bonds is 4. The summed E-state index contributed by atoms with van der Waals surface area (Å²) in [6.07, 6.45) is 0. The number of piperazine rings is 1. The topological polar surface area (TPSA) is 35.6 Å². The first-order valence-corrected chi connectivity index (χ1v) is 9.03. The molecule has 1 aliphatic rings. The van der Waals surface area contributed by atoms with Gasteiger partial charge in [-0.1, -0.05) is 29.8 Å². The Kier molecular flexibility index (Phi) is 5.61. The van der Waals surface area contributed by atoms with Crippen LogP contribution in [0.1, 0.15) is 12.5 Å². The fourth-order valence-electron chi connectivity index (χ4n) is 3.17. The van der Waals surface area contributed by atoms with Crippen LogP contribution in [-0.2, 0) is 4.79 Å². The van der Waals surface area contributed by atoms with Gasteiger partial charge >= 0.3 is 0 Å². The van der Waals surface area contributed by atoms with Gasteiger partial charge in [0.2, 0.25) is 5.91 Å². The number of nitrogens with zero attached hydrogens (tertiary/aromatic N) is 2. The first-order valence-electron chi connectivity index (χ1n) is 8.65. The summed E-state index contributed by atoms with van der Waals surface area (Å²) < 4.78 is 0. The Morgan fingerprint density at radius 1 is 1.08 bits per heavy atom. The van der Waals surface area contributed by atoms with E-state index in [2.05, 4.69) is 46.3 Å². The standard InChI is InChI=1S/C20H24ClN3O/c1-15-5-3-8-19(13-15)24-11-9-23(10-12-24)16(2)20(25)22-18-7-4-6-17(21)14-18/h3-8,13-14,16H,9-12H2,1-2H3,(H,22,25). The number of anilines is 2. The third-order valence-corrected chi connectivity index (χ3v) is 4.94. The van der Waals surface area contributed by atoms with Crippen molar-refractivity contribution in [1.82, 2.24) is 4.90 Å². The third kappa shape index (κ3) is 4.53. The van der Waals surface area contributed by atoms with E-state index in [0.717, 1.165) is 31.9 Å². The van der Waals surface area contributed by atoms with Crippen LogP contribution in [0.2, 0.25) is 5.02 Å². The number of aryl methyl sites for hydroxylation is 1. The first kappa shape index (κ1) is 17.8. The molecule has 1 N–H and O–H groups in total. The van der Waals surface area contributed by atoms with E-state index < -0.39 is 0 Å². The molecule has 0 radical (unpaired) electrons. The van der Waals surface area contributed by atoms with Crippen molar-refractivity contribution in [2.45, 2.75) is 19.9 Å². The summed E-state index contributed by atoms with van der Waals surface area (Å²) in [5, 5.41) is 3.57. The summed E-state index contributed by atoms with van der Waals surface area (Å²) in [7, 11) is 0. The van der Waals surface area contributed by atoms with Gasteiger partial charge in [-0.3, -0.25) is 9.69 Å². The van der Waals surface area contributed by atoms with Gasteiger partial charge in [-0.05, 0) is 49.7 Å². The van der Waals surface area contributed by atoms with Crippen molar-refractivity contribution in [3.05, 3.63) is 59.1 Å². The number of nitrogens with one attached hydrogen (secondary N) is 1. The summed E-state index contributed by atoms with van der Waals surface area (Å²) >= 11 is 5.97. The molecule has 0 aliphatic carbocycles. The van der Waals surface area contributed by atoms with E-state index in [0.29, 0.717) is 5.02 Å². The van der Waals surface area contributed by atoms with Gasteiger partial charge in [0.15, 0.2) is 0 Å². The van der Waals surface area contributed by atoms with Crippen molar-refractivity contribution in [1.29, 1.82) is 0 Å². The second-order valence-electron chi connectivity index (χ2n) is 6.54. The summed E-state index contributed by atoms with van der Waals surface area (Å²) in [6, 6.07) is 15.7. The van der Waals surface area contributed by atoms with Gasteiger partial charge in [-0.2, -0.15) is 0 Å². The zero-order chi connectivity index (χ0) is 17.8. The molecule has 1 atom stereocenters. The zero-order valence-electron chi connectivity index (χ0n) is 14.7. The molecule has 1 aliphatic heterocycles. The van der Waals surface area contributed by atoms with Gasteiger partial charge in [-0.15, -0.1) is 0 Å². The normalized spacial score (nSPS) is 16.5. The van der Waals surface area contributed by atoms with Crippen molar-refractivity contribution in [3.63, 3.8) is 0 Å². The van der Waals surface area contributed by atoms with E-state index >= 15 is 0 Å². The number of amides is 1. The van der Waals surface area contributed by atoms with Gasteiger partial charge < -0.3 is 10.2 Å². The minimum Gasteiger partial charge on any atom is -0.369 e. The van der Waals surface area contributed by atoms with Crippen LogP contribution in [0.15, 0.2) is 48.5 Å². The third-order valence-electron chi connectivity index (χ3n) is 4.70. The number of carbonyl (C=O) groups is 1. The molecular formula is C20H24ClN3O. The van der Waals surface area contributed by atoms with Gasteiger partial charge in [0.25, 0.3) is 0 Å². The SMILES string of the molecule is Cc1cccc(N2CCN(C(C)C(=O)Nc3cccc(Cl)c3)CC2)c1. The highest BCUT2D eigenvalue weighted by Crippen LogP contribution is 2.19. The molecule has 4 nitrogen and oxygen atoms in total. The molecule has 2 aromatic carbocycles. The second-order valence-corrected chi connectivity index (χ2v) is 6.97. The maximum Gasteiger partial charge on any atom is 0.241 e. The Labute approximate surface area is 154 Å². The van der Waals surface area contributed by atoms with E-state index in [-0.39, 0.29) is 11.9 Å². The average molecular weight is 358 g/mol. The van der Waals surface area contributed by atoms with E-state index in [1.165, 1.54) is 11.3 Å². The van der Waals surface area contributed by atoms with E-state index in [1.54, 1.807) is 12.1 Å². The fourth-order valence-corrected chi connectivity index (χ4v) is 3.36. The predicted octanol–water partition coefficient (Wildman–Crippen LogP) is 3.80. The lowest BCUT2D eigenvalue weighted by Gasteiger charge is -2.38. The van der Waals surface area contributed by atoms with Gasteiger partial charge in [0.05, 0.1) is 6.04 Å². The lowest BCUT2D eigenvalue weighted by Crippen LogP contribution is -2.52. The van der Waals surface area contributed by atoms with Crippen LogP contribution in [0.3, 0.4) is 0 Å². The Morgan fingerprint density at radius 2 is 1.80 bits per heavy atom. The summed E-state index contributed by atoms with van der Waals surface area (Å²) in [6.45, 7) is 7.68.